The number of ether oxygens (including phenoxy) is 1. The van der Waals surface area contributed by atoms with Gasteiger partial charge in [0.25, 0.3) is 0 Å². The zero-order valence-corrected chi connectivity index (χ0v) is 15.7. The van der Waals surface area contributed by atoms with Crippen LogP contribution in [-0.4, -0.2) is 18.7 Å². The van der Waals surface area contributed by atoms with E-state index in [-0.39, 0.29) is 11.6 Å². The normalized spacial score (nSPS) is 18.4. The molecule has 0 spiro atoms. The van der Waals surface area contributed by atoms with Crippen molar-refractivity contribution in [2.24, 2.45) is 0 Å². The molecule has 1 atom stereocenters. The SMILES string of the molecule is COc1ccc2c(c1)N(C(=O)Nc1ccc(Cl)cc1)C(C)(C)C[C@@H]2C. The molecule has 0 aliphatic carbocycles. The highest BCUT2D eigenvalue weighted by Gasteiger charge is 2.40. The lowest BCUT2D eigenvalue weighted by molar-refractivity contribution is 0.247. The molecule has 25 heavy (non-hydrogen) atoms. The summed E-state index contributed by atoms with van der Waals surface area (Å²) in [5.41, 5.74) is 2.46. The van der Waals surface area contributed by atoms with E-state index in [1.54, 1.807) is 31.4 Å². The molecule has 2 amide bonds. The molecule has 0 saturated carbocycles. The van der Waals surface area contributed by atoms with E-state index in [9.17, 15) is 4.79 Å². The first-order chi connectivity index (χ1) is 11.8. The molecule has 1 aliphatic rings. The molecule has 4 nitrogen and oxygen atoms in total. The molecule has 1 aliphatic heterocycles. The number of carbonyl (C=O) groups excluding carboxylic acids is 1. The predicted octanol–water partition coefficient (Wildman–Crippen LogP) is 5.67. The number of rotatable bonds is 2. The quantitative estimate of drug-likeness (QED) is 0.751. The van der Waals surface area contributed by atoms with Crippen LogP contribution in [0.5, 0.6) is 5.75 Å². The Hall–Kier alpha value is -2.20. The van der Waals surface area contributed by atoms with E-state index in [0.717, 1.165) is 23.4 Å². The van der Waals surface area contributed by atoms with Crippen LogP contribution in [-0.2, 0) is 0 Å². The van der Waals surface area contributed by atoms with Gasteiger partial charge in [0.15, 0.2) is 0 Å². The summed E-state index contributed by atoms with van der Waals surface area (Å²) < 4.78 is 5.37. The number of urea groups is 1. The van der Waals surface area contributed by atoms with E-state index in [1.165, 1.54) is 0 Å². The van der Waals surface area contributed by atoms with Crippen molar-refractivity contribution < 1.29 is 9.53 Å². The molecular formula is C20H23ClN2O2. The van der Waals surface area contributed by atoms with Gasteiger partial charge in [0.2, 0.25) is 0 Å². The number of hydrogen-bond donors (Lipinski definition) is 1. The Morgan fingerprint density at radius 2 is 1.92 bits per heavy atom. The van der Waals surface area contributed by atoms with E-state index in [4.69, 9.17) is 16.3 Å². The molecule has 2 aromatic carbocycles. The van der Waals surface area contributed by atoms with Crippen LogP contribution >= 0.6 is 11.6 Å². The number of methoxy groups -OCH3 is 1. The standard InChI is InChI=1S/C20H23ClN2O2/c1-13-12-20(2,3)23(18-11-16(25-4)9-10-17(13)18)19(24)22-15-7-5-14(21)6-8-15/h5-11,13H,12H2,1-4H3,(H,22,24)/t13-/m0/s1. The number of nitrogens with zero attached hydrogens (tertiary/aromatic N) is 1. The zero-order valence-electron chi connectivity index (χ0n) is 15.0. The summed E-state index contributed by atoms with van der Waals surface area (Å²) in [4.78, 5) is 14.9. The minimum Gasteiger partial charge on any atom is -0.497 e. The summed E-state index contributed by atoms with van der Waals surface area (Å²) in [6.45, 7) is 6.38. The molecule has 1 N–H and O–H groups in total. The monoisotopic (exact) mass is 358 g/mol. The molecule has 0 saturated heterocycles. The second-order valence-corrected chi connectivity index (χ2v) is 7.55. The minimum atomic E-state index is -0.310. The minimum absolute atomic E-state index is 0.159. The van der Waals surface area contributed by atoms with Crippen LogP contribution in [0.15, 0.2) is 42.5 Å². The number of carbonyl (C=O) groups is 1. The van der Waals surface area contributed by atoms with E-state index >= 15 is 0 Å². The first-order valence-corrected chi connectivity index (χ1v) is 8.74. The topological polar surface area (TPSA) is 41.6 Å². The van der Waals surface area contributed by atoms with Crippen molar-refractivity contribution in [1.29, 1.82) is 0 Å². The largest absolute Gasteiger partial charge is 0.497 e. The van der Waals surface area contributed by atoms with Crippen molar-refractivity contribution >= 4 is 29.0 Å². The van der Waals surface area contributed by atoms with E-state index in [0.29, 0.717) is 16.6 Å². The number of hydrogen-bond acceptors (Lipinski definition) is 2. The summed E-state index contributed by atoms with van der Waals surface area (Å²) in [5.74, 6) is 1.11. The smallest absolute Gasteiger partial charge is 0.326 e. The molecular weight excluding hydrogens is 336 g/mol. The first-order valence-electron chi connectivity index (χ1n) is 8.36. The fourth-order valence-electron chi connectivity index (χ4n) is 3.63. The Morgan fingerprint density at radius 3 is 2.56 bits per heavy atom. The molecule has 5 heteroatoms. The molecule has 0 aromatic heterocycles. The highest BCUT2D eigenvalue weighted by atomic mass is 35.5. The molecule has 0 bridgehead atoms. The van der Waals surface area contributed by atoms with Gasteiger partial charge >= 0.3 is 6.03 Å². The third-order valence-electron chi connectivity index (χ3n) is 4.72. The van der Waals surface area contributed by atoms with Gasteiger partial charge in [-0.15, -0.1) is 0 Å². The van der Waals surface area contributed by atoms with Crippen molar-refractivity contribution in [2.75, 3.05) is 17.3 Å². The highest BCUT2D eigenvalue weighted by Crippen LogP contribution is 2.44. The number of fused-ring (bicyclic) bond motifs is 1. The van der Waals surface area contributed by atoms with Crippen LogP contribution in [0.3, 0.4) is 0 Å². The van der Waals surface area contributed by atoms with Crippen LogP contribution in [0.4, 0.5) is 16.2 Å². The lowest BCUT2D eigenvalue weighted by Crippen LogP contribution is -2.53. The molecule has 1 heterocycles. The Balaban J connectivity index is 1.99. The lowest BCUT2D eigenvalue weighted by atomic mass is 9.80. The van der Waals surface area contributed by atoms with Crippen molar-refractivity contribution in [1.82, 2.24) is 0 Å². The summed E-state index contributed by atoms with van der Waals surface area (Å²) in [6, 6.07) is 12.9. The third kappa shape index (κ3) is 3.45. The average Bonchev–Trinajstić information content (AvgIpc) is 2.55. The van der Waals surface area contributed by atoms with Crippen LogP contribution in [0, 0.1) is 0 Å². The Bertz CT molecular complexity index is 787. The molecule has 132 valence electrons. The van der Waals surface area contributed by atoms with Gasteiger partial charge < -0.3 is 10.1 Å². The molecule has 0 unspecified atom stereocenters. The van der Waals surface area contributed by atoms with Gasteiger partial charge in [-0.3, -0.25) is 4.90 Å². The Kier molecular flexibility index (Phi) is 4.65. The van der Waals surface area contributed by atoms with Gasteiger partial charge in [0.1, 0.15) is 5.75 Å². The maximum absolute atomic E-state index is 13.1. The van der Waals surface area contributed by atoms with E-state index in [2.05, 4.69) is 32.2 Å². The van der Waals surface area contributed by atoms with Gasteiger partial charge in [-0.2, -0.15) is 0 Å². The molecule has 2 aromatic rings. The molecule has 0 fully saturated rings. The van der Waals surface area contributed by atoms with E-state index < -0.39 is 0 Å². The number of nitrogens with one attached hydrogen (secondary N) is 1. The lowest BCUT2D eigenvalue weighted by Gasteiger charge is -2.45. The maximum atomic E-state index is 13.1. The number of benzene rings is 2. The van der Waals surface area contributed by atoms with Crippen LogP contribution in [0.2, 0.25) is 5.02 Å². The van der Waals surface area contributed by atoms with Gasteiger partial charge in [-0.25, -0.2) is 4.79 Å². The average molecular weight is 359 g/mol. The second-order valence-electron chi connectivity index (χ2n) is 7.11. The van der Waals surface area contributed by atoms with Crippen LogP contribution < -0.4 is 15.0 Å². The predicted molar refractivity (Wildman–Crippen MR) is 103 cm³/mol. The summed E-state index contributed by atoms with van der Waals surface area (Å²) in [7, 11) is 1.64. The van der Waals surface area contributed by atoms with Gasteiger partial charge in [0.05, 0.1) is 12.8 Å². The van der Waals surface area contributed by atoms with Gasteiger partial charge in [-0.1, -0.05) is 24.6 Å². The van der Waals surface area contributed by atoms with Crippen molar-refractivity contribution in [3.8, 4) is 5.75 Å². The van der Waals surface area contributed by atoms with Crippen molar-refractivity contribution in [3.63, 3.8) is 0 Å². The number of halogens is 1. The van der Waals surface area contributed by atoms with Gasteiger partial charge in [0, 0.05) is 22.3 Å². The molecule has 0 radical (unpaired) electrons. The summed E-state index contributed by atoms with van der Waals surface area (Å²) in [5, 5.41) is 3.61. The van der Waals surface area contributed by atoms with Crippen LogP contribution in [0.25, 0.3) is 0 Å². The first kappa shape index (κ1) is 17.6. The second kappa shape index (κ2) is 6.60. The van der Waals surface area contributed by atoms with E-state index in [1.807, 2.05) is 17.0 Å². The van der Waals surface area contributed by atoms with Crippen LogP contribution in [0.1, 0.15) is 38.7 Å². The number of amides is 2. The fourth-order valence-corrected chi connectivity index (χ4v) is 3.76. The molecule has 3 rings (SSSR count). The number of anilines is 2. The maximum Gasteiger partial charge on any atom is 0.326 e. The van der Waals surface area contributed by atoms with Gasteiger partial charge in [-0.05, 0) is 62.1 Å². The Morgan fingerprint density at radius 1 is 1.24 bits per heavy atom. The Labute approximate surface area is 153 Å². The summed E-state index contributed by atoms with van der Waals surface area (Å²) in [6.07, 6.45) is 0.889. The van der Waals surface area contributed by atoms with Crippen molar-refractivity contribution in [2.45, 2.75) is 38.6 Å². The third-order valence-corrected chi connectivity index (χ3v) is 4.97. The summed E-state index contributed by atoms with van der Waals surface area (Å²) >= 11 is 5.92. The zero-order chi connectivity index (χ0) is 18.2. The van der Waals surface area contributed by atoms with Crippen molar-refractivity contribution in [3.05, 3.63) is 53.1 Å². The highest BCUT2D eigenvalue weighted by molar-refractivity contribution is 6.30. The fraction of sp³-hybridized carbons (Fsp3) is 0.350.